The molecule has 1 atom stereocenters. The minimum Gasteiger partial charge on any atom is -0.462 e. The van der Waals surface area contributed by atoms with E-state index in [2.05, 4.69) is 60.9 Å². The molecule has 50 heavy (non-hydrogen) atoms. The molecule has 9 heteroatoms. The van der Waals surface area contributed by atoms with E-state index < -0.39 is 32.5 Å². The lowest BCUT2D eigenvalue weighted by atomic mass is 10.1. The predicted molar refractivity (Wildman–Crippen MR) is 207 cm³/mol. The molecule has 0 unspecified atom stereocenters. The third kappa shape index (κ3) is 38.8. The van der Waals surface area contributed by atoms with Crippen molar-refractivity contribution < 1.29 is 37.9 Å². The summed E-state index contributed by atoms with van der Waals surface area (Å²) in [5.41, 5.74) is 0. The monoisotopic (exact) mass is 725 g/mol. The van der Waals surface area contributed by atoms with Crippen LogP contribution in [0.5, 0.6) is 0 Å². The van der Waals surface area contributed by atoms with Crippen LogP contribution >= 0.6 is 7.82 Å². The number of carbonyl (C=O) groups excluding carboxylic acids is 2. The summed E-state index contributed by atoms with van der Waals surface area (Å²) >= 11 is 0. The molecule has 0 amide bonds. The molecule has 0 aromatic heterocycles. The minimum absolute atomic E-state index is 0.123. The second-order valence-corrected chi connectivity index (χ2v) is 14.5. The number of phosphoric ester groups is 1. The molecule has 2 N–H and O–H groups in total. The summed E-state index contributed by atoms with van der Waals surface area (Å²) in [4.78, 5) is 42.7. The van der Waals surface area contributed by atoms with E-state index in [1.165, 1.54) is 89.9 Å². The molecule has 0 heterocycles. The zero-order chi connectivity index (χ0) is 36.8. The number of hydrogen-bond donors (Lipinski definition) is 2. The van der Waals surface area contributed by atoms with Crippen LogP contribution in [0.4, 0.5) is 0 Å². The molecule has 0 radical (unpaired) electrons. The van der Waals surface area contributed by atoms with E-state index in [9.17, 15) is 14.2 Å². The van der Waals surface area contributed by atoms with Gasteiger partial charge in [0, 0.05) is 12.8 Å². The quantitative estimate of drug-likeness (QED) is 0.0284. The Labute approximate surface area is 305 Å². The highest BCUT2D eigenvalue weighted by atomic mass is 31.2. The van der Waals surface area contributed by atoms with Gasteiger partial charge in [-0.15, -0.1) is 0 Å². The first kappa shape index (κ1) is 48.0. The van der Waals surface area contributed by atoms with E-state index in [1.807, 2.05) is 6.08 Å². The van der Waals surface area contributed by atoms with Crippen molar-refractivity contribution in [3.8, 4) is 0 Å². The van der Waals surface area contributed by atoms with Gasteiger partial charge in [-0.1, -0.05) is 152 Å². The predicted octanol–water partition coefficient (Wildman–Crippen LogP) is 12.0. The van der Waals surface area contributed by atoms with E-state index in [-0.39, 0.29) is 19.4 Å². The maximum atomic E-state index is 12.3. The molecule has 0 bridgehead atoms. The van der Waals surface area contributed by atoms with Gasteiger partial charge in [0.25, 0.3) is 0 Å². The third-order valence-corrected chi connectivity index (χ3v) is 8.82. The number of allylic oxidation sites excluding steroid dienone is 8. The van der Waals surface area contributed by atoms with Gasteiger partial charge in [0.15, 0.2) is 6.10 Å². The van der Waals surface area contributed by atoms with Crippen molar-refractivity contribution in [1.29, 1.82) is 0 Å². The third-order valence-electron chi connectivity index (χ3n) is 8.33. The van der Waals surface area contributed by atoms with Crippen LogP contribution in [0.3, 0.4) is 0 Å². The van der Waals surface area contributed by atoms with Crippen molar-refractivity contribution in [2.45, 2.75) is 187 Å². The number of esters is 2. The van der Waals surface area contributed by atoms with Gasteiger partial charge in [0.2, 0.25) is 0 Å². The van der Waals surface area contributed by atoms with Gasteiger partial charge < -0.3 is 19.3 Å². The van der Waals surface area contributed by atoms with E-state index in [1.54, 1.807) is 0 Å². The van der Waals surface area contributed by atoms with E-state index >= 15 is 0 Å². The van der Waals surface area contributed by atoms with Gasteiger partial charge in [-0.3, -0.25) is 14.1 Å². The molecule has 8 nitrogen and oxygen atoms in total. The van der Waals surface area contributed by atoms with Gasteiger partial charge in [-0.2, -0.15) is 0 Å². The molecule has 0 saturated heterocycles. The number of phosphoric acid groups is 1. The zero-order valence-corrected chi connectivity index (χ0v) is 32.7. The summed E-state index contributed by atoms with van der Waals surface area (Å²) < 4.78 is 26.3. The van der Waals surface area contributed by atoms with E-state index in [4.69, 9.17) is 19.3 Å². The van der Waals surface area contributed by atoms with Crippen molar-refractivity contribution in [3.63, 3.8) is 0 Å². The number of unbranched alkanes of at least 4 members (excludes halogenated alkanes) is 18. The Balaban J connectivity index is 4.03. The molecule has 0 spiro atoms. The highest BCUT2D eigenvalue weighted by Crippen LogP contribution is 2.36. The Hall–Kier alpha value is -1.99. The Morgan fingerprint density at radius 1 is 0.520 bits per heavy atom. The summed E-state index contributed by atoms with van der Waals surface area (Å²) in [6.07, 6.45) is 44.1. The Morgan fingerprint density at radius 2 is 0.940 bits per heavy atom. The highest BCUT2D eigenvalue weighted by molar-refractivity contribution is 7.46. The fraction of sp³-hybridized carbons (Fsp3) is 0.756. The number of hydrogen-bond acceptors (Lipinski definition) is 6. The average Bonchev–Trinajstić information content (AvgIpc) is 3.08. The fourth-order valence-corrected chi connectivity index (χ4v) is 5.70. The first-order valence-electron chi connectivity index (χ1n) is 19.9. The Bertz CT molecular complexity index is 952. The SMILES string of the molecule is CCCCC/C=C/C/C=C/C/C=C/CCCCCCC(=O)OC[C@H](COP(=O)(O)O)OC(=O)CC/C=C/CCCCCCCCCCCCC. The van der Waals surface area contributed by atoms with Crippen LogP contribution in [-0.2, 0) is 28.2 Å². The average molecular weight is 725 g/mol. The fourth-order valence-electron chi connectivity index (χ4n) is 5.34. The summed E-state index contributed by atoms with van der Waals surface area (Å²) in [7, 11) is -4.77. The van der Waals surface area contributed by atoms with Crippen LogP contribution in [-0.4, -0.2) is 41.0 Å². The second-order valence-electron chi connectivity index (χ2n) is 13.2. The van der Waals surface area contributed by atoms with Gasteiger partial charge in [0.1, 0.15) is 6.61 Å². The van der Waals surface area contributed by atoms with Gasteiger partial charge in [-0.25, -0.2) is 4.57 Å². The number of ether oxygens (including phenoxy) is 2. The summed E-state index contributed by atoms with van der Waals surface area (Å²) in [5, 5.41) is 0. The van der Waals surface area contributed by atoms with Crippen molar-refractivity contribution in [2.24, 2.45) is 0 Å². The van der Waals surface area contributed by atoms with Gasteiger partial charge in [-0.05, 0) is 64.2 Å². The lowest BCUT2D eigenvalue weighted by molar-refractivity contribution is -0.161. The summed E-state index contributed by atoms with van der Waals surface area (Å²) in [5.74, 6) is -0.967. The van der Waals surface area contributed by atoms with Crippen LogP contribution in [0.1, 0.15) is 181 Å². The van der Waals surface area contributed by atoms with Gasteiger partial charge in [0.05, 0.1) is 6.61 Å². The smallest absolute Gasteiger partial charge is 0.462 e. The molecule has 290 valence electrons. The molecular formula is C41H73O8P. The molecule has 0 aliphatic rings. The molecule has 0 fully saturated rings. The zero-order valence-electron chi connectivity index (χ0n) is 31.8. The van der Waals surface area contributed by atoms with E-state index in [0.29, 0.717) is 12.8 Å². The summed E-state index contributed by atoms with van der Waals surface area (Å²) in [6.45, 7) is 3.60. The van der Waals surface area contributed by atoms with Crippen molar-refractivity contribution in [2.75, 3.05) is 13.2 Å². The molecular weight excluding hydrogens is 651 g/mol. The van der Waals surface area contributed by atoms with Crippen LogP contribution in [0.15, 0.2) is 48.6 Å². The largest absolute Gasteiger partial charge is 0.469 e. The molecule has 0 aliphatic carbocycles. The number of rotatable bonds is 36. The number of carbonyl (C=O) groups is 2. The molecule has 0 aromatic rings. The Kier molecular flexibility index (Phi) is 35.3. The van der Waals surface area contributed by atoms with Crippen LogP contribution in [0, 0.1) is 0 Å². The first-order valence-corrected chi connectivity index (χ1v) is 21.5. The van der Waals surface area contributed by atoms with Gasteiger partial charge >= 0.3 is 19.8 Å². The van der Waals surface area contributed by atoms with E-state index in [0.717, 1.165) is 51.4 Å². The lowest BCUT2D eigenvalue weighted by Crippen LogP contribution is -2.29. The second kappa shape index (κ2) is 36.8. The topological polar surface area (TPSA) is 119 Å². The van der Waals surface area contributed by atoms with Crippen molar-refractivity contribution in [3.05, 3.63) is 48.6 Å². The molecule has 0 aromatic carbocycles. The van der Waals surface area contributed by atoms with Crippen LogP contribution in [0.2, 0.25) is 0 Å². The van der Waals surface area contributed by atoms with Crippen molar-refractivity contribution >= 4 is 19.8 Å². The lowest BCUT2D eigenvalue weighted by Gasteiger charge is -2.18. The molecule has 0 rings (SSSR count). The maximum absolute atomic E-state index is 12.3. The standard InChI is InChI=1S/C41H73O8P/c1-3-5-7-9-11-13-15-17-19-20-22-23-25-27-29-31-33-35-40(42)47-37-39(38-48-50(44,45)46)49-41(43)36-34-32-30-28-26-24-21-18-16-14-12-10-8-6-4-2/h11,13,17,19,22-23,30,32,39H,3-10,12,14-16,18,20-21,24-29,31,33-38H2,1-2H3,(H2,44,45,46)/b13-11+,19-17+,23-22+,32-30+/t39-/m1/s1. The van der Waals surface area contributed by atoms with Crippen molar-refractivity contribution in [1.82, 2.24) is 0 Å². The van der Waals surface area contributed by atoms with Crippen LogP contribution in [0.25, 0.3) is 0 Å². The molecule has 0 aliphatic heterocycles. The normalized spacial score (nSPS) is 13.0. The first-order chi connectivity index (χ1) is 24.3. The molecule has 0 saturated carbocycles. The minimum atomic E-state index is -4.77. The van der Waals surface area contributed by atoms with Crippen LogP contribution < -0.4 is 0 Å². The Morgan fingerprint density at radius 3 is 1.48 bits per heavy atom. The maximum Gasteiger partial charge on any atom is 0.469 e. The summed E-state index contributed by atoms with van der Waals surface area (Å²) in [6, 6.07) is 0. The highest BCUT2D eigenvalue weighted by Gasteiger charge is 2.22.